The van der Waals surface area contributed by atoms with Gasteiger partial charge in [-0.2, -0.15) is 0 Å². The molecule has 3 aliphatic heterocycles. The number of nitrogens with zero attached hydrogens (tertiary/aromatic N) is 6. The molecule has 0 radical (unpaired) electrons. The van der Waals surface area contributed by atoms with E-state index in [0.717, 1.165) is 12.0 Å². The summed E-state index contributed by atoms with van der Waals surface area (Å²) in [5, 5.41) is 12.7. The van der Waals surface area contributed by atoms with Crippen LogP contribution in [0.2, 0.25) is 0 Å². The zero-order chi connectivity index (χ0) is 50.2. The molecule has 0 spiro atoms. The van der Waals surface area contributed by atoms with E-state index in [4.69, 9.17) is 14.5 Å². The maximum absolute atomic E-state index is 14.7. The fraction of sp³-hybridized carbons (Fsp3) is 0.686. The number of carboxylic acid groups (broad SMARTS) is 1. The Kier molecular flexibility index (Phi) is 21.7. The number of rotatable bonds is 25. The van der Waals surface area contributed by atoms with Gasteiger partial charge in [-0.1, -0.05) is 77.8 Å². The number of likely N-dealkylation sites (tertiary alicyclic amines) is 2. The van der Waals surface area contributed by atoms with Crippen LogP contribution < -0.4 is 5.32 Å². The number of ketones is 1. The predicted octanol–water partition coefficient (Wildman–Crippen LogP) is 4.43. The first-order valence-corrected chi connectivity index (χ1v) is 24.6. The van der Waals surface area contributed by atoms with Crippen molar-refractivity contribution in [2.75, 3.05) is 61.5 Å². The van der Waals surface area contributed by atoms with E-state index in [9.17, 15) is 38.7 Å². The van der Waals surface area contributed by atoms with Crippen LogP contribution in [0, 0.1) is 23.7 Å². The Labute approximate surface area is 404 Å². The molecule has 0 saturated carbocycles. The van der Waals surface area contributed by atoms with Crippen molar-refractivity contribution in [3.8, 4) is 0 Å². The predicted molar refractivity (Wildman–Crippen MR) is 259 cm³/mol. The number of carbonyl (C=O) groups is 7. The van der Waals surface area contributed by atoms with Crippen molar-refractivity contribution in [1.82, 2.24) is 29.8 Å². The first-order valence-electron chi connectivity index (χ1n) is 24.6. The number of ether oxygens (including phenoxy) is 2. The molecule has 2 saturated heterocycles. The number of likely N-dealkylation sites (N-methyl/N-ethyl adjacent to an activating group) is 1. The van der Waals surface area contributed by atoms with Gasteiger partial charge in [0.25, 0.3) is 11.8 Å². The van der Waals surface area contributed by atoms with Gasteiger partial charge in [0.1, 0.15) is 17.9 Å². The van der Waals surface area contributed by atoms with Gasteiger partial charge in [0.2, 0.25) is 17.7 Å². The average molecular weight is 950 g/mol. The maximum atomic E-state index is 14.7. The van der Waals surface area contributed by atoms with Crippen molar-refractivity contribution >= 4 is 47.2 Å². The number of carbonyl (C=O) groups excluding carboxylic acids is 6. The van der Waals surface area contributed by atoms with E-state index in [1.54, 1.807) is 30.9 Å². The second kappa shape index (κ2) is 26.6. The lowest BCUT2D eigenvalue weighted by atomic mass is 9.89. The number of guanidine groups is 1. The highest BCUT2D eigenvalue weighted by atomic mass is 16.5. The van der Waals surface area contributed by atoms with Gasteiger partial charge in [0, 0.05) is 92.5 Å². The van der Waals surface area contributed by atoms with Crippen molar-refractivity contribution in [3.05, 3.63) is 48.0 Å². The van der Waals surface area contributed by atoms with E-state index in [2.05, 4.69) is 10.2 Å². The lowest BCUT2D eigenvalue weighted by Gasteiger charge is -2.41. The largest absolute Gasteiger partial charge is 0.480 e. The van der Waals surface area contributed by atoms with E-state index in [1.807, 2.05) is 77.0 Å². The van der Waals surface area contributed by atoms with Gasteiger partial charge in [0.05, 0.1) is 36.6 Å². The molecule has 0 bridgehead atoms. The number of amides is 5. The van der Waals surface area contributed by atoms with Crippen LogP contribution in [0.3, 0.4) is 0 Å². The van der Waals surface area contributed by atoms with Gasteiger partial charge in [-0.15, -0.1) is 0 Å². The monoisotopic (exact) mass is 950 g/mol. The quantitative estimate of drug-likeness (QED) is 0.0607. The molecule has 1 aromatic rings. The summed E-state index contributed by atoms with van der Waals surface area (Å²) in [6.45, 7) is 11.8. The Bertz CT molecular complexity index is 1920. The third-order valence-electron chi connectivity index (χ3n) is 14.1. The van der Waals surface area contributed by atoms with Crippen LogP contribution in [0.4, 0.5) is 0 Å². The summed E-state index contributed by atoms with van der Waals surface area (Å²) in [5.41, 5.74) is 0.779. The standard InChI is InChI=1S/C51H79N7O10/c1-11-34(4)46(41(67-9)32-44(62)57-28-18-21-39(57)47(68-10)35(5)48(63)52-38(50(65)66)31-36-19-14-12-15-20-36)55(8)49(64)45(33(2)3)53-51(54(6)7)56-29-25-37(26-30-56)40(59)22-16-13-17-27-58-42(60)23-24-43(58)61/h12,14-15,19-20,23-24,33-35,37-39,41,45-47H,11,13,16-18,21-22,25-32H2,1-10H3,(H,52,63)(H,65,66)/t34-,35+,38-,39-,41+,45-,46-,47+/m0/s1. The van der Waals surface area contributed by atoms with Crippen LogP contribution in [-0.2, 0) is 49.5 Å². The molecule has 17 heteroatoms. The Balaban J connectivity index is 1.41. The Morgan fingerprint density at radius 1 is 0.882 bits per heavy atom. The molecule has 378 valence electrons. The van der Waals surface area contributed by atoms with Gasteiger partial charge < -0.3 is 39.5 Å². The Morgan fingerprint density at radius 3 is 2.09 bits per heavy atom. The summed E-state index contributed by atoms with van der Waals surface area (Å²) >= 11 is 0. The van der Waals surface area contributed by atoms with Crippen LogP contribution in [0.1, 0.15) is 104 Å². The number of unbranched alkanes of at least 4 members (excludes halogenated alkanes) is 2. The molecule has 2 fully saturated rings. The normalized spacial score (nSPS) is 20.0. The molecule has 1 aromatic carbocycles. The highest BCUT2D eigenvalue weighted by Gasteiger charge is 2.43. The number of Topliss-reactive ketones (excluding diaryl/α,β-unsaturated/α-hetero) is 1. The van der Waals surface area contributed by atoms with E-state index in [0.29, 0.717) is 83.5 Å². The second-order valence-electron chi connectivity index (χ2n) is 19.4. The SMILES string of the molecule is CC[C@H](C)[C@@H]([C@@H](CC(=O)N1CCC[C@H]1[C@H](OC)[C@@H](C)C(=O)N[C@@H](Cc1ccccc1)C(=O)O)OC)N(C)C(=O)[C@@H](N=C(N(C)C)N1CCC(C(=O)CCCCCN2C(=O)C=CC2=O)CC1)C(C)C. The minimum Gasteiger partial charge on any atom is -0.480 e. The van der Waals surface area contributed by atoms with E-state index in [-0.39, 0.29) is 60.0 Å². The maximum Gasteiger partial charge on any atom is 0.326 e. The second-order valence-corrected chi connectivity index (χ2v) is 19.4. The number of imide groups is 1. The smallest absolute Gasteiger partial charge is 0.326 e. The minimum atomic E-state index is -1.14. The fourth-order valence-corrected chi connectivity index (χ4v) is 9.96. The van der Waals surface area contributed by atoms with Crippen molar-refractivity contribution in [2.45, 2.75) is 142 Å². The van der Waals surface area contributed by atoms with Crippen molar-refractivity contribution < 1.29 is 48.1 Å². The van der Waals surface area contributed by atoms with E-state index >= 15 is 0 Å². The van der Waals surface area contributed by atoms with E-state index < -0.39 is 54.2 Å². The number of piperidine rings is 1. The zero-order valence-electron chi connectivity index (χ0n) is 42.2. The minimum absolute atomic E-state index is 0.0145. The lowest BCUT2D eigenvalue weighted by molar-refractivity contribution is -0.147. The number of carboxylic acids is 1. The summed E-state index contributed by atoms with van der Waals surface area (Å²) in [6, 6.07) is 6.30. The molecule has 5 amide bonds. The Hall–Kier alpha value is -5.16. The van der Waals surface area contributed by atoms with Gasteiger partial charge in [-0.25, -0.2) is 9.79 Å². The highest BCUT2D eigenvalue weighted by molar-refractivity contribution is 6.12. The molecule has 8 atom stereocenters. The van der Waals surface area contributed by atoms with E-state index in [1.165, 1.54) is 24.2 Å². The zero-order valence-corrected chi connectivity index (χ0v) is 42.2. The van der Waals surface area contributed by atoms with Gasteiger partial charge >= 0.3 is 5.97 Å². The van der Waals surface area contributed by atoms with Crippen LogP contribution in [-0.4, -0.2) is 175 Å². The van der Waals surface area contributed by atoms with Gasteiger partial charge in [0.15, 0.2) is 5.96 Å². The molecular weight excluding hydrogens is 871 g/mol. The summed E-state index contributed by atoms with van der Waals surface area (Å²) in [4.78, 5) is 106. The van der Waals surface area contributed by atoms with Crippen LogP contribution in [0.15, 0.2) is 47.5 Å². The topological polar surface area (TPSA) is 199 Å². The summed E-state index contributed by atoms with van der Waals surface area (Å²) < 4.78 is 12.0. The molecule has 2 N–H and O–H groups in total. The molecule has 0 aromatic heterocycles. The summed E-state index contributed by atoms with van der Waals surface area (Å²) in [5.74, 6) is -2.73. The van der Waals surface area contributed by atoms with Crippen molar-refractivity contribution in [3.63, 3.8) is 0 Å². The molecular formula is C51H79N7O10. The average Bonchev–Trinajstić information content (AvgIpc) is 3.93. The molecule has 3 heterocycles. The number of hydrogen-bond acceptors (Lipinski definition) is 10. The third-order valence-corrected chi connectivity index (χ3v) is 14.1. The van der Waals surface area contributed by atoms with Gasteiger partial charge in [-0.3, -0.25) is 33.7 Å². The molecule has 17 nitrogen and oxygen atoms in total. The highest BCUT2D eigenvalue weighted by Crippen LogP contribution is 2.30. The number of hydrogen-bond donors (Lipinski definition) is 2. The molecule has 68 heavy (non-hydrogen) atoms. The number of methoxy groups -OCH3 is 2. The molecule has 4 rings (SSSR count). The Morgan fingerprint density at radius 2 is 1.53 bits per heavy atom. The van der Waals surface area contributed by atoms with Crippen molar-refractivity contribution in [2.24, 2.45) is 28.7 Å². The first kappa shape index (κ1) is 55.4. The number of aliphatic imine (C=N–C) groups is 1. The van der Waals surface area contributed by atoms with Crippen LogP contribution >= 0.6 is 0 Å². The third kappa shape index (κ3) is 14.7. The molecule has 0 aliphatic carbocycles. The molecule has 3 aliphatic rings. The summed E-state index contributed by atoms with van der Waals surface area (Å²) in [6.07, 6.45) is 7.23. The van der Waals surface area contributed by atoms with Crippen LogP contribution in [0.5, 0.6) is 0 Å². The fourth-order valence-electron chi connectivity index (χ4n) is 9.96. The lowest BCUT2D eigenvalue weighted by Crippen LogP contribution is -2.55. The summed E-state index contributed by atoms with van der Waals surface area (Å²) in [7, 11) is 8.63. The molecule has 0 unspecified atom stereocenters. The van der Waals surface area contributed by atoms with Crippen LogP contribution in [0.25, 0.3) is 0 Å². The number of aliphatic carboxylic acids is 1. The van der Waals surface area contributed by atoms with Crippen molar-refractivity contribution in [1.29, 1.82) is 0 Å². The van der Waals surface area contributed by atoms with Gasteiger partial charge in [-0.05, 0) is 55.9 Å². The number of benzene rings is 1. The number of nitrogens with one attached hydrogen (secondary N) is 1. The first-order chi connectivity index (χ1) is 32.3.